The molecule has 5 heteroatoms. The van der Waals surface area contributed by atoms with Crippen molar-refractivity contribution in [2.24, 2.45) is 23.2 Å². The van der Waals surface area contributed by atoms with Crippen LogP contribution in [0.25, 0.3) is 11.3 Å². The van der Waals surface area contributed by atoms with Crippen LogP contribution in [-0.2, 0) is 24.1 Å². The van der Waals surface area contributed by atoms with Gasteiger partial charge in [-0.15, -0.1) is 0 Å². The molecule has 4 aliphatic carbocycles. The summed E-state index contributed by atoms with van der Waals surface area (Å²) in [5.74, 6) is 3.89. The van der Waals surface area contributed by atoms with E-state index < -0.39 is 0 Å². The number of hydrogen-bond donors (Lipinski definition) is 1. The number of nitrogens with zero attached hydrogens (tertiary/aromatic N) is 2. The van der Waals surface area contributed by atoms with E-state index in [2.05, 4.69) is 24.4 Å². The normalized spacial score (nSPS) is 27.2. The van der Waals surface area contributed by atoms with Gasteiger partial charge in [-0.25, -0.2) is 9.97 Å². The summed E-state index contributed by atoms with van der Waals surface area (Å²) in [5, 5.41) is 3.29. The van der Waals surface area contributed by atoms with Crippen LogP contribution in [0.1, 0.15) is 101 Å². The van der Waals surface area contributed by atoms with E-state index in [1.807, 2.05) is 6.07 Å². The van der Waals surface area contributed by atoms with E-state index in [0.29, 0.717) is 17.8 Å². The molecule has 2 aromatic rings. The summed E-state index contributed by atoms with van der Waals surface area (Å²) in [7, 11) is 1.72. The second-order valence-corrected chi connectivity index (χ2v) is 12.8. The van der Waals surface area contributed by atoms with Crippen LogP contribution in [0.4, 0.5) is 5.82 Å². The largest absolute Gasteiger partial charge is 0.497 e. The smallest absolute Gasteiger partial charge is 0.225 e. The molecular formula is C32H43N3O2. The molecule has 0 saturated heterocycles. The van der Waals surface area contributed by atoms with Crippen LogP contribution >= 0.6 is 0 Å². The first kappa shape index (κ1) is 24.9. The molecule has 37 heavy (non-hydrogen) atoms. The zero-order chi connectivity index (χ0) is 25.4. The Hall–Kier alpha value is -2.43. The van der Waals surface area contributed by atoms with Crippen molar-refractivity contribution in [3.63, 3.8) is 0 Å². The zero-order valence-electron chi connectivity index (χ0n) is 22.8. The van der Waals surface area contributed by atoms with E-state index in [-0.39, 0.29) is 5.91 Å². The van der Waals surface area contributed by atoms with Crippen LogP contribution in [0.5, 0.6) is 5.75 Å². The number of benzene rings is 1. The number of anilines is 1. The molecule has 1 aromatic carbocycles. The molecule has 1 N–H and O–H groups in total. The quantitative estimate of drug-likeness (QED) is 0.451. The third kappa shape index (κ3) is 5.28. The Morgan fingerprint density at radius 1 is 1.08 bits per heavy atom. The number of ether oxygens (including phenoxy) is 1. The number of nitrogens with one attached hydrogen (secondary N) is 1. The molecule has 3 saturated carbocycles. The molecule has 6 rings (SSSR count). The Balaban J connectivity index is 1.34. The fraction of sp³-hybridized carbons (Fsp3) is 0.656. The van der Waals surface area contributed by atoms with Crippen LogP contribution in [0.15, 0.2) is 18.2 Å². The lowest BCUT2D eigenvalue weighted by molar-refractivity contribution is -0.117. The van der Waals surface area contributed by atoms with Crippen LogP contribution in [-0.4, -0.2) is 23.0 Å². The van der Waals surface area contributed by atoms with Crippen molar-refractivity contribution in [2.45, 2.75) is 103 Å². The number of aromatic nitrogens is 2. The summed E-state index contributed by atoms with van der Waals surface area (Å²) in [6, 6.07) is 6.32. The maximum atomic E-state index is 13.2. The van der Waals surface area contributed by atoms with E-state index in [1.165, 1.54) is 81.8 Å². The first-order valence-corrected chi connectivity index (χ1v) is 14.9. The molecule has 3 atom stereocenters. The second-order valence-electron chi connectivity index (χ2n) is 12.8. The van der Waals surface area contributed by atoms with Gasteiger partial charge in [0.2, 0.25) is 5.91 Å². The molecule has 4 aliphatic rings. The van der Waals surface area contributed by atoms with E-state index in [9.17, 15) is 4.79 Å². The van der Waals surface area contributed by atoms with E-state index in [4.69, 9.17) is 14.7 Å². The predicted molar refractivity (Wildman–Crippen MR) is 148 cm³/mol. The summed E-state index contributed by atoms with van der Waals surface area (Å²) in [4.78, 5) is 23.7. The van der Waals surface area contributed by atoms with Gasteiger partial charge in [-0.1, -0.05) is 39.0 Å². The highest BCUT2D eigenvalue weighted by Gasteiger charge is 2.43. The maximum absolute atomic E-state index is 13.2. The Morgan fingerprint density at radius 2 is 1.95 bits per heavy atom. The summed E-state index contributed by atoms with van der Waals surface area (Å²) in [6.07, 6.45) is 17.4. The number of carbonyl (C=O) groups is 1. The lowest BCUT2D eigenvalue weighted by atomic mass is 9.57. The number of aryl methyl sites for hydroxylation is 2. The maximum Gasteiger partial charge on any atom is 0.225 e. The van der Waals surface area contributed by atoms with Gasteiger partial charge in [0.05, 0.1) is 24.2 Å². The first-order valence-electron chi connectivity index (χ1n) is 14.9. The third-order valence-electron chi connectivity index (χ3n) is 9.80. The van der Waals surface area contributed by atoms with Gasteiger partial charge in [0.1, 0.15) is 5.75 Å². The van der Waals surface area contributed by atoms with Gasteiger partial charge in [-0.05, 0) is 105 Å². The van der Waals surface area contributed by atoms with Crippen molar-refractivity contribution in [3.8, 4) is 17.0 Å². The SMILES string of the molecule is COc1ccc2c(c1)CCc1nc(NC(=O)CC3CCCCC3)c(CC34CCCC(CC(C)C3)C4)nc1-2. The fourth-order valence-corrected chi connectivity index (χ4v) is 8.29. The summed E-state index contributed by atoms with van der Waals surface area (Å²) < 4.78 is 5.49. The van der Waals surface area contributed by atoms with Crippen molar-refractivity contribution in [1.82, 2.24) is 9.97 Å². The van der Waals surface area contributed by atoms with Crippen molar-refractivity contribution in [1.29, 1.82) is 0 Å². The highest BCUT2D eigenvalue weighted by atomic mass is 16.5. The minimum Gasteiger partial charge on any atom is -0.497 e. The molecule has 3 fully saturated rings. The minimum absolute atomic E-state index is 0.124. The van der Waals surface area contributed by atoms with Gasteiger partial charge in [0.15, 0.2) is 5.82 Å². The molecule has 198 valence electrons. The van der Waals surface area contributed by atoms with Crippen molar-refractivity contribution >= 4 is 11.7 Å². The molecule has 1 aromatic heterocycles. The minimum atomic E-state index is 0.124. The van der Waals surface area contributed by atoms with Crippen molar-refractivity contribution in [3.05, 3.63) is 35.2 Å². The summed E-state index contributed by atoms with van der Waals surface area (Å²) >= 11 is 0. The highest BCUT2D eigenvalue weighted by molar-refractivity contribution is 5.90. The number of carbonyl (C=O) groups excluding carboxylic acids is 1. The zero-order valence-corrected chi connectivity index (χ0v) is 22.8. The Labute approximate surface area is 222 Å². The highest BCUT2D eigenvalue weighted by Crippen LogP contribution is 2.53. The number of amides is 1. The van der Waals surface area contributed by atoms with Crippen LogP contribution in [0.3, 0.4) is 0 Å². The first-order chi connectivity index (χ1) is 18.0. The molecule has 3 unspecified atom stereocenters. The van der Waals surface area contributed by atoms with Crippen LogP contribution < -0.4 is 10.1 Å². The van der Waals surface area contributed by atoms with E-state index >= 15 is 0 Å². The number of rotatable bonds is 6. The van der Waals surface area contributed by atoms with Gasteiger partial charge >= 0.3 is 0 Å². The van der Waals surface area contributed by atoms with Crippen molar-refractivity contribution in [2.75, 3.05) is 12.4 Å². The monoisotopic (exact) mass is 501 g/mol. The summed E-state index contributed by atoms with van der Waals surface area (Å²) in [5.41, 5.74) is 5.79. The molecule has 1 heterocycles. The van der Waals surface area contributed by atoms with Gasteiger partial charge in [-0.3, -0.25) is 4.79 Å². The Bertz CT molecular complexity index is 1150. The number of fused-ring (bicyclic) bond motifs is 5. The van der Waals surface area contributed by atoms with Gasteiger partial charge in [-0.2, -0.15) is 0 Å². The molecule has 0 radical (unpaired) electrons. The van der Waals surface area contributed by atoms with E-state index in [0.717, 1.165) is 59.7 Å². The molecule has 1 amide bonds. The molecule has 2 bridgehead atoms. The molecular weight excluding hydrogens is 458 g/mol. The predicted octanol–water partition coefficient (Wildman–Crippen LogP) is 7.31. The van der Waals surface area contributed by atoms with E-state index in [1.54, 1.807) is 7.11 Å². The number of hydrogen-bond acceptors (Lipinski definition) is 4. The topological polar surface area (TPSA) is 64.1 Å². The fourth-order valence-electron chi connectivity index (χ4n) is 8.29. The second kappa shape index (κ2) is 10.4. The average Bonchev–Trinajstić information content (AvgIpc) is 2.88. The Morgan fingerprint density at radius 3 is 2.78 bits per heavy atom. The van der Waals surface area contributed by atoms with Gasteiger partial charge in [0.25, 0.3) is 0 Å². The number of methoxy groups -OCH3 is 1. The standard InChI is InChI=1S/C32H43N3O2/c1-21-15-23-9-6-14-32(18-21,19-23)20-28-31(35-29(36)16-22-7-4-3-5-8-22)34-27-13-10-24-17-25(37-2)11-12-26(24)30(27)33-28/h11-12,17,21-23H,3-10,13-16,18-20H2,1-2H3,(H,34,35,36). The van der Waals surface area contributed by atoms with Gasteiger partial charge < -0.3 is 10.1 Å². The Kier molecular flexibility index (Phi) is 6.98. The average molecular weight is 502 g/mol. The lowest BCUT2D eigenvalue weighted by Gasteiger charge is -2.48. The third-order valence-corrected chi connectivity index (χ3v) is 9.80. The molecule has 0 spiro atoms. The lowest BCUT2D eigenvalue weighted by Crippen LogP contribution is -2.38. The van der Waals surface area contributed by atoms with Gasteiger partial charge in [0, 0.05) is 12.0 Å². The molecule has 5 nitrogen and oxygen atoms in total. The summed E-state index contributed by atoms with van der Waals surface area (Å²) in [6.45, 7) is 2.43. The van der Waals surface area contributed by atoms with Crippen LogP contribution in [0.2, 0.25) is 0 Å². The van der Waals surface area contributed by atoms with Crippen LogP contribution in [0, 0.1) is 23.2 Å². The van der Waals surface area contributed by atoms with Crippen molar-refractivity contribution < 1.29 is 9.53 Å². The molecule has 0 aliphatic heterocycles.